The highest BCUT2D eigenvalue weighted by Gasteiger charge is 2.38. The molecule has 0 N–H and O–H groups in total. The number of nitrogens with zero attached hydrogens (tertiary/aromatic N) is 4. The summed E-state index contributed by atoms with van der Waals surface area (Å²) in [6.45, 7) is 0.377. The Hall–Kier alpha value is -1.00. The zero-order valence-electron chi connectivity index (χ0n) is 11.8. The van der Waals surface area contributed by atoms with Crippen molar-refractivity contribution in [1.82, 2.24) is 19.3 Å². The molecule has 1 unspecified atom stereocenters. The monoisotopic (exact) mass is 380 g/mol. The van der Waals surface area contributed by atoms with Crippen LogP contribution >= 0.6 is 15.9 Å². The summed E-state index contributed by atoms with van der Waals surface area (Å²) in [4.78, 5) is 11.5. The number of esters is 1. The lowest BCUT2D eigenvalue weighted by molar-refractivity contribution is -0.141. The van der Waals surface area contributed by atoms with E-state index >= 15 is 0 Å². The average molecular weight is 381 g/mol. The maximum absolute atomic E-state index is 12.8. The van der Waals surface area contributed by atoms with Crippen LogP contribution in [-0.2, 0) is 26.6 Å². The fraction of sp³-hybridized carbons (Fsp3) is 0.727. The molecule has 1 fully saturated rings. The zero-order chi connectivity index (χ0) is 15.6. The third kappa shape index (κ3) is 3.27. The number of hydrogen-bond donors (Lipinski definition) is 0. The van der Waals surface area contributed by atoms with Gasteiger partial charge in [0.1, 0.15) is 0 Å². The Morgan fingerprint density at radius 2 is 2.19 bits per heavy atom. The highest BCUT2D eigenvalue weighted by Crippen LogP contribution is 2.29. The molecular formula is C11H17BrN4O4S. The average Bonchev–Trinajstić information content (AvgIpc) is 2.79. The van der Waals surface area contributed by atoms with E-state index in [1.165, 1.54) is 23.1 Å². The van der Waals surface area contributed by atoms with Crippen LogP contribution in [0, 0.1) is 0 Å². The summed E-state index contributed by atoms with van der Waals surface area (Å²) in [6.07, 6.45) is 2.34. The van der Waals surface area contributed by atoms with Crippen LogP contribution in [0.3, 0.4) is 0 Å². The fourth-order valence-electron chi connectivity index (χ4n) is 2.48. The van der Waals surface area contributed by atoms with Crippen molar-refractivity contribution in [2.45, 2.75) is 36.8 Å². The molecule has 1 aliphatic rings. The molecule has 1 aromatic rings. The SMILES string of the molecule is COC(=O)CC1CCCCN1S(=O)(=O)c1c(Br)nnn1C. The third-order valence-corrected chi connectivity index (χ3v) is 6.33. The van der Waals surface area contributed by atoms with Gasteiger partial charge in [0.2, 0.25) is 5.03 Å². The number of sulfonamides is 1. The number of hydrogen-bond acceptors (Lipinski definition) is 6. The molecule has 0 spiro atoms. The van der Waals surface area contributed by atoms with E-state index in [9.17, 15) is 13.2 Å². The number of rotatable bonds is 4. The lowest BCUT2D eigenvalue weighted by atomic mass is 10.0. The lowest BCUT2D eigenvalue weighted by Crippen LogP contribution is -2.45. The predicted octanol–water partition coefficient (Wildman–Crippen LogP) is 0.684. The Kier molecular flexibility index (Phi) is 4.99. The van der Waals surface area contributed by atoms with Gasteiger partial charge in [0.25, 0.3) is 10.0 Å². The number of methoxy groups -OCH3 is 1. The molecule has 10 heteroatoms. The van der Waals surface area contributed by atoms with E-state index in [-0.39, 0.29) is 16.0 Å². The standard InChI is InChI=1S/C11H17BrN4O4S/c1-15-11(10(12)13-14-15)21(18,19)16-6-4-3-5-8(16)7-9(17)20-2/h8H,3-7H2,1-2H3. The summed E-state index contributed by atoms with van der Waals surface area (Å²) in [7, 11) is -0.951. The van der Waals surface area contributed by atoms with Crippen LogP contribution in [0.2, 0.25) is 0 Å². The predicted molar refractivity (Wildman–Crippen MR) is 76.9 cm³/mol. The van der Waals surface area contributed by atoms with Crippen LogP contribution in [0.1, 0.15) is 25.7 Å². The van der Waals surface area contributed by atoms with Gasteiger partial charge >= 0.3 is 5.97 Å². The van der Waals surface area contributed by atoms with Gasteiger partial charge in [0.15, 0.2) is 4.60 Å². The highest BCUT2D eigenvalue weighted by atomic mass is 79.9. The van der Waals surface area contributed by atoms with E-state index in [0.29, 0.717) is 13.0 Å². The maximum Gasteiger partial charge on any atom is 0.307 e. The van der Waals surface area contributed by atoms with Crippen LogP contribution in [-0.4, -0.2) is 53.4 Å². The van der Waals surface area contributed by atoms with Crippen LogP contribution < -0.4 is 0 Å². The normalized spacial score (nSPS) is 20.4. The summed E-state index contributed by atoms with van der Waals surface area (Å²) >= 11 is 3.11. The van der Waals surface area contributed by atoms with E-state index in [1.807, 2.05) is 0 Å². The van der Waals surface area contributed by atoms with Gasteiger partial charge < -0.3 is 4.74 Å². The van der Waals surface area contributed by atoms with Gasteiger partial charge in [-0.15, -0.1) is 5.10 Å². The molecule has 2 rings (SSSR count). The van der Waals surface area contributed by atoms with Gasteiger partial charge in [-0.2, -0.15) is 4.31 Å². The molecule has 0 aromatic carbocycles. The summed E-state index contributed by atoms with van der Waals surface area (Å²) in [6, 6.07) is -0.391. The first-order valence-corrected chi connectivity index (χ1v) is 8.75. The highest BCUT2D eigenvalue weighted by molar-refractivity contribution is 9.10. The molecule has 0 aliphatic carbocycles. The number of piperidine rings is 1. The molecule has 0 amide bonds. The Morgan fingerprint density at radius 3 is 2.76 bits per heavy atom. The van der Waals surface area contributed by atoms with Crippen molar-refractivity contribution < 1.29 is 17.9 Å². The number of halogens is 1. The molecule has 21 heavy (non-hydrogen) atoms. The molecule has 0 radical (unpaired) electrons. The lowest BCUT2D eigenvalue weighted by Gasteiger charge is -2.33. The minimum Gasteiger partial charge on any atom is -0.469 e. The van der Waals surface area contributed by atoms with Crippen molar-refractivity contribution in [3.05, 3.63) is 4.60 Å². The molecule has 118 valence electrons. The smallest absolute Gasteiger partial charge is 0.307 e. The van der Waals surface area contributed by atoms with Crippen LogP contribution in [0.15, 0.2) is 9.63 Å². The first-order chi connectivity index (χ1) is 9.87. The summed E-state index contributed by atoms with van der Waals surface area (Å²) in [5, 5.41) is 7.41. The van der Waals surface area contributed by atoms with Gasteiger partial charge in [0.05, 0.1) is 13.5 Å². The van der Waals surface area contributed by atoms with E-state index in [0.717, 1.165) is 12.8 Å². The van der Waals surface area contributed by atoms with E-state index < -0.39 is 22.0 Å². The number of ether oxygens (including phenoxy) is 1. The molecule has 1 saturated heterocycles. The largest absolute Gasteiger partial charge is 0.469 e. The van der Waals surface area contributed by atoms with E-state index in [2.05, 4.69) is 31.0 Å². The van der Waals surface area contributed by atoms with Crippen LogP contribution in [0.5, 0.6) is 0 Å². The summed E-state index contributed by atoms with van der Waals surface area (Å²) in [5.74, 6) is -0.413. The minimum atomic E-state index is -3.77. The fourth-order valence-corrected chi connectivity index (χ4v) is 5.21. The Bertz CT molecular complexity index is 611. The summed E-state index contributed by atoms with van der Waals surface area (Å²) < 4.78 is 33.0. The van der Waals surface area contributed by atoms with Gasteiger partial charge in [-0.05, 0) is 28.8 Å². The molecule has 0 saturated carbocycles. The Morgan fingerprint density at radius 1 is 1.48 bits per heavy atom. The zero-order valence-corrected chi connectivity index (χ0v) is 14.2. The second-order valence-electron chi connectivity index (χ2n) is 4.85. The molecule has 8 nitrogen and oxygen atoms in total. The first kappa shape index (κ1) is 16.4. The molecular weight excluding hydrogens is 364 g/mol. The van der Waals surface area contributed by atoms with Crippen molar-refractivity contribution in [3.63, 3.8) is 0 Å². The Labute approximate surface area is 131 Å². The van der Waals surface area contributed by atoms with Gasteiger partial charge in [0, 0.05) is 19.6 Å². The molecule has 1 aliphatic heterocycles. The van der Waals surface area contributed by atoms with Crippen LogP contribution in [0.25, 0.3) is 0 Å². The van der Waals surface area contributed by atoms with Crippen molar-refractivity contribution in [2.24, 2.45) is 7.05 Å². The summed E-state index contributed by atoms with van der Waals surface area (Å²) in [5.41, 5.74) is 0. The van der Waals surface area contributed by atoms with Crippen molar-refractivity contribution in [2.75, 3.05) is 13.7 Å². The van der Waals surface area contributed by atoms with Crippen molar-refractivity contribution in [3.8, 4) is 0 Å². The van der Waals surface area contributed by atoms with E-state index in [1.54, 1.807) is 0 Å². The topological polar surface area (TPSA) is 94.4 Å². The third-order valence-electron chi connectivity index (χ3n) is 3.49. The van der Waals surface area contributed by atoms with Crippen molar-refractivity contribution in [1.29, 1.82) is 0 Å². The Balaban J connectivity index is 2.34. The van der Waals surface area contributed by atoms with Crippen LogP contribution in [0.4, 0.5) is 0 Å². The van der Waals surface area contributed by atoms with Gasteiger partial charge in [-0.25, -0.2) is 13.1 Å². The quantitative estimate of drug-likeness (QED) is 0.712. The molecule has 1 aromatic heterocycles. The molecule has 0 bridgehead atoms. The maximum atomic E-state index is 12.8. The van der Waals surface area contributed by atoms with Gasteiger partial charge in [-0.1, -0.05) is 11.6 Å². The number of carbonyl (C=O) groups excluding carboxylic acids is 1. The molecule has 2 heterocycles. The van der Waals surface area contributed by atoms with Gasteiger partial charge in [-0.3, -0.25) is 4.79 Å². The second-order valence-corrected chi connectivity index (χ2v) is 7.41. The first-order valence-electron chi connectivity index (χ1n) is 6.51. The number of carbonyl (C=O) groups is 1. The number of aromatic nitrogens is 3. The van der Waals surface area contributed by atoms with E-state index in [4.69, 9.17) is 0 Å². The number of aryl methyl sites for hydroxylation is 1. The minimum absolute atomic E-state index is 0.000680. The molecule has 1 atom stereocenters. The van der Waals surface area contributed by atoms with Crippen molar-refractivity contribution >= 4 is 31.9 Å². The second kappa shape index (κ2) is 6.41.